The number of carbonyl (C=O) groups excluding carboxylic acids is 2. The molecule has 0 aliphatic rings. The van der Waals surface area contributed by atoms with Gasteiger partial charge in [-0.1, -0.05) is 17.7 Å². The Balaban J connectivity index is 1.94. The van der Waals surface area contributed by atoms with E-state index in [2.05, 4.69) is 22.2 Å². The van der Waals surface area contributed by atoms with Gasteiger partial charge in [-0.2, -0.15) is 0 Å². The van der Waals surface area contributed by atoms with Crippen LogP contribution in [0.5, 0.6) is 0 Å². The van der Waals surface area contributed by atoms with E-state index < -0.39 is 23.8 Å². The fourth-order valence-electron chi connectivity index (χ4n) is 1.71. The maximum absolute atomic E-state index is 13.0. The van der Waals surface area contributed by atoms with Crippen LogP contribution in [-0.2, 0) is 9.53 Å². The number of halogens is 2. The standard InChI is InChI=1S/C16H15ClFN3O3S/c1-3-6-19-16-21-13(8-25-16)15(23)24-9(2)14(22)20-12-5-4-10(18)7-11(12)17/h3-5,7-9H,1,6H2,2H3,(H,19,21)(H,20,22)/t9-/m1/s1. The number of anilines is 2. The number of carbonyl (C=O) groups is 2. The number of hydrogen-bond donors (Lipinski definition) is 2. The quantitative estimate of drug-likeness (QED) is 0.562. The lowest BCUT2D eigenvalue weighted by Crippen LogP contribution is -2.30. The number of nitrogens with zero attached hydrogens (tertiary/aromatic N) is 1. The van der Waals surface area contributed by atoms with Crippen molar-refractivity contribution in [3.8, 4) is 0 Å². The van der Waals surface area contributed by atoms with Crippen LogP contribution < -0.4 is 10.6 Å². The highest BCUT2D eigenvalue weighted by atomic mass is 35.5. The first-order valence-electron chi connectivity index (χ1n) is 7.18. The summed E-state index contributed by atoms with van der Waals surface area (Å²) in [5.74, 6) is -1.84. The highest BCUT2D eigenvalue weighted by molar-refractivity contribution is 7.13. The van der Waals surface area contributed by atoms with E-state index in [1.807, 2.05) is 0 Å². The Morgan fingerprint density at radius 3 is 2.96 bits per heavy atom. The molecule has 1 aromatic carbocycles. The molecule has 0 radical (unpaired) electrons. The molecular formula is C16H15ClFN3O3S. The van der Waals surface area contributed by atoms with Gasteiger partial charge in [0.15, 0.2) is 16.9 Å². The van der Waals surface area contributed by atoms with Crippen LogP contribution in [0.4, 0.5) is 15.2 Å². The summed E-state index contributed by atoms with van der Waals surface area (Å²) in [6.45, 7) is 5.49. The number of hydrogen-bond acceptors (Lipinski definition) is 6. The average molecular weight is 384 g/mol. The van der Waals surface area contributed by atoms with E-state index in [0.29, 0.717) is 11.7 Å². The Morgan fingerprint density at radius 1 is 1.52 bits per heavy atom. The van der Waals surface area contributed by atoms with E-state index in [9.17, 15) is 14.0 Å². The van der Waals surface area contributed by atoms with Crippen LogP contribution in [0.25, 0.3) is 0 Å². The molecule has 1 atom stereocenters. The molecule has 2 aromatic rings. The normalized spacial score (nSPS) is 11.5. The minimum Gasteiger partial charge on any atom is -0.448 e. The van der Waals surface area contributed by atoms with E-state index in [-0.39, 0.29) is 16.4 Å². The lowest BCUT2D eigenvalue weighted by Gasteiger charge is -2.13. The SMILES string of the molecule is C=CCNc1nc(C(=O)O[C@H](C)C(=O)Nc2ccc(F)cc2Cl)cs1. The summed E-state index contributed by atoms with van der Waals surface area (Å²) >= 11 is 7.07. The Hall–Kier alpha value is -2.45. The van der Waals surface area contributed by atoms with Gasteiger partial charge in [0.2, 0.25) is 0 Å². The molecule has 0 bridgehead atoms. The summed E-state index contributed by atoms with van der Waals surface area (Å²) < 4.78 is 18.1. The van der Waals surface area contributed by atoms with E-state index in [0.717, 1.165) is 12.1 Å². The molecule has 1 aromatic heterocycles. The van der Waals surface area contributed by atoms with Gasteiger partial charge in [0.25, 0.3) is 5.91 Å². The van der Waals surface area contributed by atoms with Crippen molar-refractivity contribution in [3.05, 3.63) is 52.8 Å². The fraction of sp³-hybridized carbons (Fsp3) is 0.188. The summed E-state index contributed by atoms with van der Waals surface area (Å²) in [4.78, 5) is 28.2. The second-order valence-corrected chi connectivity index (χ2v) is 6.13. The maximum atomic E-state index is 13.0. The number of aromatic nitrogens is 1. The molecule has 0 unspecified atom stereocenters. The molecule has 2 rings (SSSR count). The second-order valence-electron chi connectivity index (χ2n) is 4.87. The number of thiazole rings is 1. The van der Waals surface area contributed by atoms with E-state index >= 15 is 0 Å². The van der Waals surface area contributed by atoms with Crippen molar-refractivity contribution in [3.63, 3.8) is 0 Å². The number of nitrogens with one attached hydrogen (secondary N) is 2. The summed E-state index contributed by atoms with van der Waals surface area (Å²) in [5.41, 5.74) is 0.316. The number of ether oxygens (including phenoxy) is 1. The second kappa shape index (κ2) is 8.59. The largest absolute Gasteiger partial charge is 0.448 e. The van der Waals surface area contributed by atoms with E-state index in [1.165, 1.54) is 29.7 Å². The number of esters is 1. The van der Waals surface area contributed by atoms with Crippen molar-refractivity contribution in [1.82, 2.24) is 4.98 Å². The van der Waals surface area contributed by atoms with Crippen molar-refractivity contribution < 1.29 is 18.7 Å². The van der Waals surface area contributed by atoms with Gasteiger partial charge in [0.1, 0.15) is 5.82 Å². The maximum Gasteiger partial charge on any atom is 0.358 e. The average Bonchev–Trinajstić information content (AvgIpc) is 3.04. The molecule has 25 heavy (non-hydrogen) atoms. The topological polar surface area (TPSA) is 80.3 Å². The number of rotatable bonds is 7. The molecule has 2 N–H and O–H groups in total. The summed E-state index contributed by atoms with van der Waals surface area (Å²) in [7, 11) is 0. The number of amides is 1. The van der Waals surface area contributed by atoms with Gasteiger partial charge in [-0.3, -0.25) is 4.79 Å². The van der Waals surface area contributed by atoms with Crippen LogP contribution in [-0.4, -0.2) is 29.5 Å². The zero-order valence-electron chi connectivity index (χ0n) is 13.2. The minimum atomic E-state index is -1.08. The van der Waals surface area contributed by atoms with Gasteiger partial charge < -0.3 is 15.4 Å². The predicted octanol–water partition coefficient (Wildman–Crippen LogP) is 3.72. The highest BCUT2D eigenvalue weighted by Gasteiger charge is 2.21. The van der Waals surface area contributed by atoms with Crippen molar-refractivity contribution in [1.29, 1.82) is 0 Å². The third-order valence-electron chi connectivity index (χ3n) is 2.95. The van der Waals surface area contributed by atoms with Gasteiger partial charge >= 0.3 is 5.97 Å². The molecule has 9 heteroatoms. The zero-order valence-corrected chi connectivity index (χ0v) is 14.8. The molecule has 0 saturated heterocycles. The Bertz CT molecular complexity index is 797. The first kappa shape index (κ1) is 18.9. The lowest BCUT2D eigenvalue weighted by atomic mass is 10.3. The Labute approximate surface area is 152 Å². The monoisotopic (exact) mass is 383 g/mol. The van der Waals surface area contributed by atoms with Gasteiger partial charge in [-0.25, -0.2) is 14.2 Å². The molecule has 0 saturated carbocycles. The first-order valence-corrected chi connectivity index (χ1v) is 8.43. The van der Waals surface area contributed by atoms with Crippen LogP contribution in [0, 0.1) is 5.82 Å². The molecule has 6 nitrogen and oxygen atoms in total. The van der Waals surface area contributed by atoms with Crippen LogP contribution in [0.15, 0.2) is 36.2 Å². The van der Waals surface area contributed by atoms with Gasteiger partial charge in [-0.05, 0) is 25.1 Å². The number of benzene rings is 1. The van der Waals surface area contributed by atoms with Crippen molar-refractivity contribution >= 4 is 45.6 Å². The van der Waals surface area contributed by atoms with Crippen LogP contribution in [0.3, 0.4) is 0 Å². The van der Waals surface area contributed by atoms with Crippen molar-refractivity contribution in [2.75, 3.05) is 17.2 Å². The molecule has 0 spiro atoms. The van der Waals surface area contributed by atoms with Crippen molar-refractivity contribution in [2.45, 2.75) is 13.0 Å². The summed E-state index contributed by atoms with van der Waals surface area (Å²) in [5, 5.41) is 7.53. The van der Waals surface area contributed by atoms with Gasteiger partial charge in [-0.15, -0.1) is 17.9 Å². The van der Waals surface area contributed by atoms with Crippen molar-refractivity contribution in [2.24, 2.45) is 0 Å². The van der Waals surface area contributed by atoms with Crippen LogP contribution >= 0.6 is 22.9 Å². The highest BCUT2D eigenvalue weighted by Crippen LogP contribution is 2.23. The molecule has 1 heterocycles. The van der Waals surface area contributed by atoms with E-state index in [1.54, 1.807) is 6.08 Å². The fourth-order valence-corrected chi connectivity index (χ4v) is 2.61. The third-order valence-corrected chi connectivity index (χ3v) is 4.07. The van der Waals surface area contributed by atoms with Crippen LogP contribution in [0.2, 0.25) is 5.02 Å². The lowest BCUT2D eigenvalue weighted by molar-refractivity contribution is -0.123. The molecule has 1 amide bonds. The van der Waals surface area contributed by atoms with Gasteiger partial charge in [0.05, 0.1) is 10.7 Å². The minimum absolute atomic E-state index is 0.0457. The van der Waals surface area contributed by atoms with Crippen LogP contribution in [0.1, 0.15) is 17.4 Å². The Morgan fingerprint density at radius 2 is 2.28 bits per heavy atom. The Kier molecular flexibility index (Phi) is 6.49. The molecule has 0 fully saturated rings. The molecule has 0 aliphatic carbocycles. The first-order chi connectivity index (χ1) is 11.9. The smallest absolute Gasteiger partial charge is 0.358 e. The summed E-state index contributed by atoms with van der Waals surface area (Å²) in [6.07, 6.45) is 0.576. The predicted molar refractivity (Wildman–Crippen MR) is 95.7 cm³/mol. The molecule has 0 aliphatic heterocycles. The van der Waals surface area contributed by atoms with E-state index in [4.69, 9.17) is 16.3 Å². The molecular weight excluding hydrogens is 369 g/mol. The molecule has 132 valence electrons. The van der Waals surface area contributed by atoms with Gasteiger partial charge in [0, 0.05) is 11.9 Å². The summed E-state index contributed by atoms with van der Waals surface area (Å²) in [6, 6.07) is 3.55. The zero-order chi connectivity index (χ0) is 18.4. The third kappa shape index (κ3) is 5.27.